The number of hydrogen-bond donors (Lipinski definition) is 2. The lowest BCUT2D eigenvalue weighted by Crippen LogP contribution is -2.39. The fraction of sp³-hybridized carbons (Fsp3) is 0.188. The van der Waals surface area contributed by atoms with E-state index in [1.807, 2.05) is 37.3 Å². The van der Waals surface area contributed by atoms with Crippen LogP contribution < -0.4 is 10.6 Å². The van der Waals surface area contributed by atoms with Crippen molar-refractivity contribution in [2.24, 2.45) is 0 Å². The van der Waals surface area contributed by atoms with E-state index in [0.29, 0.717) is 6.54 Å². The zero-order valence-electron chi connectivity index (χ0n) is 11.8. The first-order chi connectivity index (χ1) is 10.2. The number of nitrogens with zero attached hydrogens (tertiary/aromatic N) is 1. The Hall–Kier alpha value is -2.69. The van der Waals surface area contributed by atoms with E-state index in [4.69, 9.17) is 0 Å². The number of rotatable bonds is 4. The Morgan fingerprint density at radius 2 is 1.71 bits per heavy atom. The number of carbonyl (C=O) groups is 2. The summed E-state index contributed by atoms with van der Waals surface area (Å²) in [6, 6.07) is 11.3. The van der Waals surface area contributed by atoms with Gasteiger partial charge in [-0.25, -0.2) is 0 Å². The van der Waals surface area contributed by atoms with E-state index in [2.05, 4.69) is 15.6 Å². The SMILES string of the molecule is Cc1ccccc1CNC(=O)C(=O)NCc1cccnc1. The minimum absolute atomic E-state index is 0.282. The predicted octanol–water partition coefficient (Wildman–Crippen LogP) is 1.32. The number of hydrogen-bond acceptors (Lipinski definition) is 3. The summed E-state index contributed by atoms with van der Waals surface area (Å²) >= 11 is 0. The molecule has 21 heavy (non-hydrogen) atoms. The van der Waals surface area contributed by atoms with Crippen LogP contribution in [0, 0.1) is 6.92 Å². The van der Waals surface area contributed by atoms with Crippen molar-refractivity contribution in [3.05, 3.63) is 65.5 Å². The molecular weight excluding hydrogens is 266 g/mol. The average molecular weight is 283 g/mol. The van der Waals surface area contributed by atoms with Gasteiger partial charge in [-0.1, -0.05) is 30.3 Å². The number of carbonyl (C=O) groups excluding carboxylic acids is 2. The summed E-state index contributed by atoms with van der Waals surface area (Å²) in [5, 5.41) is 5.17. The molecule has 1 aromatic carbocycles. The van der Waals surface area contributed by atoms with Crippen molar-refractivity contribution in [3.8, 4) is 0 Å². The summed E-state index contributed by atoms with van der Waals surface area (Å²) < 4.78 is 0. The number of benzene rings is 1. The molecule has 0 aliphatic rings. The van der Waals surface area contributed by atoms with Crippen LogP contribution in [0.2, 0.25) is 0 Å². The zero-order chi connectivity index (χ0) is 15.1. The Balaban J connectivity index is 1.80. The summed E-state index contributed by atoms with van der Waals surface area (Å²) in [4.78, 5) is 27.3. The molecule has 0 atom stereocenters. The normalized spacial score (nSPS) is 9.95. The first-order valence-corrected chi connectivity index (χ1v) is 6.66. The number of nitrogens with one attached hydrogen (secondary N) is 2. The van der Waals surface area contributed by atoms with E-state index < -0.39 is 11.8 Å². The number of aryl methyl sites for hydroxylation is 1. The standard InChI is InChI=1S/C16H17N3O2/c1-12-5-2-3-7-14(12)11-19-16(21)15(20)18-10-13-6-4-8-17-9-13/h2-9H,10-11H2,1H3,(H,18,20)(H,19,21). The molecule has 2 aromatic rings. The molecule has 1 aromatic heterocycles. The molecule has 0 bridgehead atoms. The monoisotopic (exact) mass is 283 g/mol. The third kappa shape index (κ3) is 4.42. The number of aromatic nitrogens is 1. The minimum atomic E-state index is -0.646. The van der Waals surface area contributed by atoms with Crippen molar-refractivity contribution in [1.29, 1.82) is 0 Å². The highest BCUT2D eigenvalue weighted by Crippen LogP contribution is 2.05. The van der Waals surface area contributed by atoms with Gasteiger partial charge in [0.2, 0.25) is 0 Å². The largest absolute Gasteiger partial charge is 0.344 e. The maximum absolute atomic E-state index is 11.7. The minimum Gasteiger partial charge on any atom is -0.344 e. The van der Waals surface area contributed by atoms with Crippen molar-refractivity contribution >= 4 is 11.8 Å². The molecule has 0 fully saturated rings. The quantitative estimate of drug-likeness (QED) is 0.831. The van der Waals surface area contributed by atoms with Crippen molar-refractivity contribution < 1.29 is 9.59 Å². The van der Waals surface area contributed by atoms with Crippen LogP contribution in [0.4, 0.5) is 0 Å². The molecule has 0 unspecified atom stereocenters. The first kappa shape index (κ1) is 14.7. The topological polar surface area (TPSA) is 71.1 Å². The lowest BCUT2D eigenvalue weighted by Gasteiger charge is -2.08. The lowest BCUT2D eigenvalue weighted by molar-refractivity contribution is -0.139. The summed E-state index contributed by atoms with van der Waals surface area (Å²) in [6.45, 7) is 2.58. The molecule has 0 saturated heterocycles. The molecule has 5 heteroatoms. The molecule has 5 nitrogen and oxygen atoms in total. The molecular formula is C16H17N3O2. The van der Waals surface area contributed by atoms with Gasteiger partial charge in [0.25, 0.3) is 0 Å². The Morgan fingerprint density at radius 1 is 1.00 bits per heavy atom. The summed E-state index contributed by atoms with van der Waals surface area (Å²) in [6.07, 6.45) is 3.30. The van der Waals surface area contributed by atoms with E-state index in [1.165, 1.54) is 0 Å². The Kier molecular flexibility index (Phi) is 5.04. The van der Waals surface area contributed by atoms with Gasteiger partial charge in [0.15, 0.2) is 0 Å². The molecule has 0 spiro atoms. The maximum Gasteiger partial charge on any atom is 0.309 e. The van der Waals surface area contributed by atoms with Gasteiger partial charge in [-0.15, -0.1) is 0 Å². The van der Waals surface area contributed by atoms with E-state index in [1.54, 1.807) is 18.5 Å². The van der Waals surface area contributed by atoms with Crippen LogP contribution >= 0.6 is 0 Å². The second-order valence-electron chi connectivity index (χ2n) is 4.65. The molecule has 0 aliphatic carbocycles. The van der Waals surface area contributed by atoms with Gasteiger partial charge in [-0.05, 0) is 29.7 Å². The third-order valence-electron chi connectivity index (χ3n) is 3.08. The maximum atomic E-state index is 11.7. The molecule has 0 aliphatic heterocycles. The fourth-order valence-electron chi connectivity index (χ4n) is 1.83. The van der Waals surface area contributed by atoms with Gasteiger partial charge in [0.1, 0.15) is 0 Å². The fourth-order valence-corrected chi connectivity index (χ4v) is 1.83. The van der Waals surface area contributed by atoms with Crippen LogP contribution in [0.5, 0.6) is 0 Å². The Morgan fingerprint density at radius 3 is 2.38 bits per heavy atom. The van der Waals surface area contributed by atoms with E-state index in [9.17, 15) is 9.59 Å². The van der Waals surface area contributed by atoms with Crippen LogP contribution in [0.15, 0.2) is 48.8 Å². The lowest BCUT2D eigenvalue weighted by atomic mass is 10.1. The molecule has 108 valence electrons. The van der Waals surface area contributed by atoms with Crippen LogP contribution in [-0.2, 0) is 22.7 Å². The second kappa shape index (κ2) is 7.19. The van der Waals surface area contributed by atoms with Crippen LogP contribution in [0.3, 0.4) is 0 Å². The molecule has 2 amide bonds. The molecule has 2 N–H and O–H groups in total. The molecule has 0 radical (unpaired) electrons. The Labute approximate surface area is 123 Å². The van der Waals surface area contributed by atoms with Gasteiger partial charge in [0, 0.05) is 25.5 Å². The van der Waals surface area contributed by atoms with E-state index >= 15 is 0 Å². The summed E-state index contributed by atoms with van der Waals surface area (Å²) in [7, 11) is 0. The van der Waals surface area contributed by atoms with Gasteiger partial charge < -0.3 is 10.6 Å². The third-order valence-corrected chi connectivity index (χ3v) is 3.08. The predicted molar refractivity (Wildman–Crippen MR) is 79.1 cm³/mol. The molecule has 0 saturated carbocycles. The van der Waals surface area contributed by atoms with Gasteiger partial charge >= 0.3 is 11.8 Å². The van der Waals surface area contributed by atoms with Crippen molar-refractivity contribution in [2.75, 3.05) is 0 Å². The smallest absolute Gasteiger partial charge is 0.309 e. The van der Waals surface area contributed by atoms with Gasteiger partial charge in [0.05, 0.1) is 0 Å². The number of pyridine rings is 1. The average Bonchev–Trinajstić information content (AvgIpc) is 2.52. The van der Waals surface area contributed by atoms with E-state index in [-0.39, 0.29) is 6.54 Å². The highest BCUT2D eigenvalue weighted by Gasteiger charge is 2.12. The zero-order valence-corrected chi connectivity index (χ0v) is 11.8. The highest BCUT2D eigenvalue weighted by molar-refractivity contribution is 6.35. The summed E-state index contributed by atoms with van der Waals surface area (Å²) in [5.41, 5.74) is 2.91. The number of amides is 2. The molecule has 1 heterocycles. The molecule has 2 rings (SSSR count). The second-order valence-corrected chi connectivity index (χ2v) is 4.65. The Bertz CT molecular complexity index is 626. The van der Waals surface area contributed by atoms with E-state index in [0.717, 1.165) is 16.7 Å². The van der Waals surface area contributed by atoms with Crippen molar-refractivity contribution in [1.82, 2.24) is 15.6 Å². The van der Waals surface area contributed by atoms with Crippen molar-refractivity contribution in [2.45, 2.75) is 20.0 Å². The van der Waals surface area contributed by atoms with Crippen LogP contribution in [-0.4, -0.2) is 16.8 Å². The first-order valence-electron chi connectivity index (χ1n) is 6.66. The van der Waals surface area contributed by atoms with Crippen molar-refractivity contribution in [3.63, 3.8) is 0 Å². The van der Waals surface area contributed by atoms with Gasteiger partial charge in [-0.2, -0.15) is 0 Å². The van der Waals surface area contributed by atoms with Gasteiger partial charge in [-0.3, -0.25) is 14.6 Å². The van der Waals surface area contributed by atoms with Crippen LogP contribution in [0.1, 0.15) is 16.7 Å². The highest BCUT2D eigenvalue weighted by atomic mass is 16.2. The van der Waals surface area contributed by atoms with Crippen LogP contribution in [0.25, 0.3) is 0 Å². The summed E-state index contributed by atoms with van der Waals surface area (Å²) in [5.74, 6) is -1.28.